The second-order valence-electron chi connectivity index (χ2n) is 4.56. The second-order valence-corrected chi connectivity index (χ2v) is 4.56. The zero-order valence-electron chi connectivity index (χ0n) is 11.5. The Hall–Kier alpha value is -2.90. The summed E-state index contributed by atoms with van der Waals surface area (Å²) in [5.74, 6) is -1.32. The van der Waals surface area contributed by atoms with E-state index in [1.165, 1.54) is 18.2 Å². The maximum atomic E-state index is 10.9. The maximum absolute atomic E-state index is 10.9. The SMILES string of the molecule is Cc1nn(C)cc1CNc1ccc(C(=O)O)c([N+](=O)[O-])c1. The van der Waals surface area contributed by atoms with Gasteiger partial charge in [-0.25, -0.2) is 4.79 Å². The van der Waals surface area contributed by atoms with Crippen molar-refractivity contribution in [2.45, 2.75) is 13.5 Å². The van der Waals surface area contributed by atoms with Gasteiger partial charge in [0.05, 0.1) is 10.6 Å². The molecule has 0 saturated heterocycles. The lowest BCUT2D eigenvalue weighted by Crippen LogP contribution is -2.05. The molecule has 0 unspecified atom stereocenters. The normalized spacial score (nSPS) is 10.4. The van der Waals surface area contributed by atoms with Crippen molar-refractivity contribution in [3.05, 3.63) is 51.3 Å². The Bertz CT molecular complexity index is 708. The van der Waals surface area contributed by atoms with Crippen molar-refractivity contribution in [1.29, 1.82) is 0 Å². The zero-order valence-corrected chi connectivity index (χ0v) is 11.5. The fourth-order valence-electron chi connectivity index (χ4n) is 1.99. The monoisotopic (exact) mass is 290 g/mol. The van der Waals surface area contributed by atoms with Crippen LogP contribution in [0.3, 0.4) is 0 Å². The van der Waals surface area contributed by atoms with Gasteiger partial charge < -0.3 is 10.4 Å². The molecule has 0 spiro atoms. The van der Waals surface area contributed by atoms with Gasteiger partial charge in [-0.2, -0.15) is 5.10 Å². The van der Waals surface area contributed by atoms with Crippen LogP contribution in [0.4, 0.5) is 11.4 Å². The van der Waals surface area contributed by atoms with E-state index in [-0.39, 0.29) is 5.56 Å². The Balaban J connectivity index is 2.21. The molecule has 0 fully saturated rings. The average Bonchev–Trinajstić information content (AvgIpc) is 2.74. The minimum absolute atomic E-state index is 0.330. The van der Waals surface area contributed by atoms with Gasteiger partial charge in [-0.3, -0.25) is 14.8 Å². The molecule has 0 bridgehead atoms. The minimum atomic E-state index is -1.32. The molecule has 8 nitrogen and oxygen atoms in total. The number of nitro benzene ring substituents is 1. The van der Waals surface area contributed by atoms with Gasteiger partial charge in [-0.15, -0.1) is 0 Å². The highest BCUT2D eigenvalue weighted by Gasteiger charge is 2.20. The molecular formula is C13H14N4O4. The lowest BCUT2D eigenvalue weighted by Gasteiger charge is -2.06. The van der Waals surface area contributed by atoms with Gasteiger partial charge in [0, 0.05) is 37.1 Å². The Morgan fingerprint density at radius 3 is 2.76 bits per heavy atom. The molecule has 2 N–H and O–H groups in total. The number of carboxylic acid groups (broad SMARTS) is 1. The summed E-state index contributed by atoms with van der Waals surface area (Å²) in [6.45, 7) is 2.32. The Labute approximate surface area is 120 Å². The highest BCUT2D eigenvalue weighted by molar-refractivity contribution is 5.93. The van der Waals surface area contributed by atoms with Crippen LogP contribution in [-0.2, 0) is 13.6 Å². The van der Waals surface area contributed by atoms with Gasteiger partial charge in [-0.05, 0) is 19.1 Å². The molecule has 0 aliphatic heterocycles. The van der Waals surface area contributed by atoms with E-state index in [2.05, 4.69) is 10.4 Å². The number of anilines is 1. The molecule has 1 aromatic heterocycles. The van der Waals surface area contributed by atoms with Crippen LogP contribution in [0, 0.1) is 17.0 Å². The van der Waals surface area contributed by atoms with Crippen LogP contribution in [0.25, 0.3) is 0 Å². The molecule has 8 heteroatoms. The number of hydrogen-bond acceptors (Lipinski definition) is 5. The van der Waals surface area contributed by atoms with Crippen molar-refractivity contribution in [3.63, 3.8) is 0 Å². The summed E-state index contributed by atoms with van der Waals surface area (Å²) in [7, 11) is 1.81. The largest absolute Gasteiger partial charge is 0.477 e. The highest BCUT2D eigenvalue weighted by atomic mass is 16.6. The van der Waals surface area contributed by atoms with Crippen molar-refractivity contribution in [2.24, 2.45) is 7.05 Å². The average molecular weight is 290 g/mol. The number of aromatic carboxylic acids is 1. The number of carbonyl (C=O) groups is 1. The number of rotatable bonds is 5. The van der Waals surface area contributed by atoms with Crippen molar-refractivity contribution in [2.75, 3.05) is 5.32 Å². The molecule has 110 valence electrons. The molecule has 2 rings (SSSR count). The van der Waals surface area contributed by atoms with Crippen LogP contribution in [0.2, 0.25) is 0 Å². The summed E-state index contributed by atoms with van der Waals surface area (Å²) in [6, 6.07) is 3.94. The Morgan fingerprint density at radius 2 is 2.24 bits per heavy atom. The first-order valence-electron chi connectivity index (χ1n) is 6.13. The number of carboxylic acids is 1. The number of nitrogens with one attached hydrogen (secondary N) is 1. The van der Waals surface area contributed by atoms with Gasteiger partial charge >= 0.3 is 5.97 Å². The molecule has 0 radical (unpaired) electrons. The van der Waals surface area contributed by atoms with Crippen LogP contribution in [0.5, 0.6) is 0 Å². The van der Waals surface area contributed by atoms with Gasteiger partial charge in [-0.1, -0.05) is 0 Å². The van der Waals surface area contributed by atoms with E-state index >= 15 is 0 Å². The minimum Gasteiger partial charge on any atom is -0.477 e. The van der Waals surface area contributed by atoms with Crippen LogP contribution < -0.4 is 5.32 Å². The van der Waals surface area contributed by atoms with Crippen molar-refractivity contribution >= 4 is 17.3 Å². The van der Waals surface area contributed by atoms with Crippen molar-refractivity contribution < 1.29 is 14.8 Å². The number of nitro groups is 1. The van der Waals surface area contributed by atoms with Crippen molar-refractivity contribution in [1.82, 2.24) is 9.78 Å². The van der Waals surface area contributed by atoms with E-state index in [0.717, 1.165) is 11.3 Å². The van der Waals surface area contributed by atoms with Crippen LogP contribution in [0.15, 0.2) is 24.4 Å². The van der Waals surface area contributed by atoms with Crippen LogP contribution in [0.1, 0.15) is 21.6 Å². The highest BCUT2D eigenvalue weighted by Crippen LogP contribution is 2.23. The molecule has 0 aliphatic rings. The molecule has 1 aromatic carbocycles. The summed E-state index contributed by atoms with van der Waals surface area (Å²) in [5.41, 5.74) is 1.54. The van der Waals surface area contributed by atoms with E-state index < -0.39 is 16.6 Å². The van der Waals surface area contributed by atoms with Crippen LogP contribution >= 0.6 is 0 Å². The summed E-state index contributed by atoms with van der Waals surface area (Å²) in [6.07, 6.45) is 1.85. The molecule has 0 atom stereocenters. The number of aromatic nitrogens is 2. The fraction of sp³-hybridized carbons (Fsp3) is 0.231. The van der Waals surface area contributed by atoms with Gasteiger partial charge in [0.25, 0.3) is 5.69 Å². The van der Waals surface area contributed by atoms with Gasteiger partial charge in [0.2, 0.25) is 0 Å². The third kappa shape index (κ3) is 3.16. The third-order valence-electron chi connectivity index (χ3n) is 3.02. The standard InChI is InChI=1S/C13H14N4O4/c1-8-9(7-16(2)15-8)6-14-10-3-4-11(13(18)19)12(5-10)17(20)21/h3-5,7,14H,6H2,1-2H3,(H,18,19). The third-order valence-corrected chi connectivity index (χ3v) is 3.02. The predicted octanol–water partition coefficient (Wildman–Crippen LogP) is 1.95. The summed E-state index contributed by atoms with van der Waals surface area (Å²) in [5, 5.41) is 27.1. The maximum Gasteiger partial charge on any atom is 0.342 e. The first-order valence-corrected chi connectivity index (χ1v) is 6.13. The fourth-order valence-corrected chi connectivity index (χ4v) is 1.99. The number of aryl methyl sites for hydroxylation is 2. The van der Waals surface area contributed by atoms with Gasteiger partial charge in [0.15, 0.2) is 0 Å². The van der Waals surface area contributed by atoms with Crippen LogP contribution in [-0.4, -0.2) is 25.8 Å². The summed E-state index contributed by atoms with van der Waals surface area (Å²) >= 11 is 0. The topological polar surface area (TPSA) is 110 Å². The number of nitrogens with zero attached hydrogens (tertiary/aromatic N) is 3. The molecule has 2 aromatic rings. The molecular weight excluding hydrogens is 276 g/mol. The summed E-state index contributed by atoms with van der Waals surface area (Å²) in [4.78, 5) is 21.1. The van der Waals surface area contributed by atoms with E-state index in [0.29, 0.717) is 12.2 Å². The first-order chi connectivity index (χ1) is 9.88. The van der Waals surface area contributed by atoms with E-state index in [4.69, 9.17) is 5.11 Å². The second kappa shape index (κ2) is 5.61. The quantitative estimate of drug-likeness (QED) is 0.643. The number of hydrogen-bond donors (Lipinski definition) is 2. The molecule has 0 amide bonds. The lowest BCUT2D eigenvalue weighted by atomic mass is 10.1. The number of benzene rings is 1. The molecule has 0 saturated carbocycles. The van der Waals surface area contributed by atoms with Crippen molar-refractivity contribution in [3.8, 4) is 0 Å². The van der Waals surface area contributed by atoms with E-state index in [1.54, 1.807) is 4.68 Å². The Kier molecular flexibility index (Phi) is 3.88. The first kappa shape index (κ1) is 14.5. The van der Waals surface area contributed by atoms with E-state index in [9.17, 15) is 14.9 Å². The molecule has 1 heterocycles. The lowest BCUT2D eigenvalue weighted by molar-refractivity contribution is -0.385. The summed E-state index contributed by atoms with van der Waals surface area (Å²) < 4.78 is 1.68. The van der Waals surface area contributed by atoms with Gasteiger partial charge in [0.1, 0.15) is 5.56 Å². The van der Waals surface area contributed by atoms with E-state index in [1.807, 2.05) is 20.2 Å². The predicted molar refractivity (Wildman–Crippen MR) is 75.3 cm³/mol. The zero-order chi connectivity index (χ0) is 15.6. The Morgan fingerprint density at radius 1 is 1.52 bits per heavy atom. The molecule has 0 aliphatic carbocycles. The smallest absolute Gasteiger partial charge is 0.342 e. The molecule has 21 heavy (non-hydrogen) atoms.